The number of benzene rings is 1. The predicted molar refractivity (Wildman–Crippen MR) is 63.8 cm³/mol. The van der Waals surface area contributed by atoms with Crippen molar-refractivity contribution in [1.29, 1.82) is 5.26 Å². The maximum absolute atomic E-state index is 8.95. The van der Waals surface area contributed by atoms with Gasteiger partial charge in [-0.15, -0.1) is 0 Å². The minimum Gasteiger partial charge on any atom is -0.380 e. The van der Waals surface area contributed by atoms with Crippen LogP contribution in [0.4, 0.5) is 5.69 Å². The Balaban J connectivity index is 2.78. The van der Waals surface area contributed by atoms with Gasteiger partial charge < -0.3 is 5.32 Å². The second kappa shape index (κ2) is 5.21. The molecule has 0 spiro atoms. The van der Waals surface area contributed by atoms with Gasteiger partial charge in [0, 0.05) is 6.54 Å². The molecule has 0 heterocycles. The minimum atomic E-state index is 0.706. The fourth-order valence-electron chi connectivity index (χ4n) is 1.27. The third-order valence-electron chi connectivity index (χ3n) is 2.10. The Morgan fingerprint density at radius 1 is 1.47 bits per heavy atom. The van der Waals surface area contributed by atoms with Gasteiger partial charge in [-0.1, -0.05) is 17.7 Å². The Labute approximate surface area is 91.2 Å². The average Bonchev–Trinajstić information content (AvgIpc) is 2.19. The molecule has 2 heteroatoms. The molecule has 1 aromatic carbocycles. The van der Waals surface area contributed by atoms with E-state index in [0.29, 0.717) is 5.56 Å². The van der Waals surface area contributed by atoms with E-state index in [-0.39, 0.29) is 0 Å². The maximum atomic E-state index is 8.95. The van der Waals surface area contributed by atoms with Crippen LogP contribution in [-0.2, 0) is 0 Å². The summed E-state index contributed by atoms with van der Waals surface area (Å²) in [6.07, 6.45) is 2.10. The van der Waals surface area contributed by atoms with Crippen LogP contribution in [-0.4, -0.2) is 6.54 Å². The lowest BCUT2D eigenvalue weighted by atomic mass is 10.1. The summed E-state index contributed by atoms with van der Waals surface area (Å²) in [5.41, 5.74) is 3.99. The topological polar surface area (TPSA) is 35.8 Å². The highest BCUT2D eigenvalue weighted by Crippen LogP contribution is 2.15. The lowest BCUT2D eigenvalue weighted by molar-refractivity contribution is 1.25. The predicted octanol–water partition coefficient (Wildman–Crippen LogP) is 3.24. The molecule has 0 atom stereocenters. The molecule has 0 amide bonds. The van der Waals surface area contributed by atoms with Crippen molar-refractivity contribution in [2.45, 2.75) is 20.8 Å². The van der Waals surface area contributed by atoms with Crippen LogP contribution >= 0.6 is 0 Å². The van der Waals surface area contributed by atoms with E-state index in [1.54, 1.807) is 0 Å². The fourth-order valence-corrected chi connectivity index (χ4v) is 1.27. The van der Waals surface area contributed by atoms with E-state index in [0.717, 1.165) is 17.8 Å². The first-order valence-electron chi connectivity index (χ1n) is 5.01. The summed E-state index contributed by atoms with van der Waals surface area (Å²) in [7, 11) is 0. The van der Waals surface area contributed by atoms with Crippen molar-refractivity contribution in [3.05, 3.63) is 41.0 Å². The number of rotatable bonds is 3. The highest BCUT2D eigenvalue weighted by Gasteiger charge is 1.99. The number of hydrogen-bond donors (Lipinski definition) is 1. The molecule has 0 saturated carbocycles. The first kappa shape index (κ1) is 11.3. The van der Waals surface area contributed by atoms with E-state index in [4.69, 9.17) is 5.26 Å². The third-order valence-corrected chi connectivity index (χ3v) is 2.10. The molecule has 0 aliphatic rings. The zero-order chi connectivity index (χ0) is 11.3. The van der Waals surface area contributed by atoms with Gasteiger partial charge in [0.05, 0.1) is 11.3 Å². The van der Waals surface area contributed by atoms with Crippen molar-refractivity contribution in [3.8, 4) is 6.07 Å². The maximum Gasteiger partial charge on any atom is 0.101 e. The molecule has 1 rings (SSSR count). The van der Waals surface area contributed by atoms with E-state index in [1.807, 2.05) is 25.1 Å². The molecule has 0 radical (unpaired) electrons. The average molecular weight is 200 g/mol. The summed E-state index contributed by atoms with van der Waals surface area (Å²) in [6.45, 7) is 6.87. The number of allylic oxidation sites excluding steroid dienone is 1. The van der Waals surface area contributed by atoms with Gasteiger partial charge in [0.1, 0.15) is 6.07 Å². The van der Waals surface area contributed by atoms with Gasteiger partial charge in [0.15, 0.2) is 0 Å². The molecule has 0 aromatic heterocycles. The summed E-state index contributed by atoms with van der Waals surface area (Å²) in [5, 5.41) is 12.2. The van der Waals surface area contributed by atoms with E-state index in [9.17, 15) is 0 Å². The minimum absolute atomic E-state index is 0.706. The van der Waals surface area contributed by atoms with Gasteiger partial charge in [-0.2, -0.15) is 5.26 Å². The lowest BCUT2D eigenvalue weighted by Gasteiger charge is -2.06. The molecule has 0 fully saturated rings. The van der Waals surface area contributed by atoms with Gasteiger partial charge in [0.25, 0.3) is 0 Å². The Morgan fingerprint density at radius 2 is 2.20 bits per heavy atom. The first-order valence-corrected chi connectivity index (χ1v) is 5.01. The molecule has 0 aliphatic heterocycles. The first-order chi connectivity index (χ1) is 7.13. The van der Waals surface area contributed by atoms with Crippen LogP contribution in [0, 0.1) is 18.3 Å². The summed E-state index contributed by atoms with van der Waals surface area (Å²) in [5.74, 6) is 0. The molecule has 0 saturated heterocycles. The summed E-state index contributed by atoms with van der Waals surface area (Å²) in [4.78, 5) is 0. The van der Waals surface area contributed by atoms with Crippen molar-refractivity contribution in [1.82, 2.24) is 0 Å². The number of hydrogen-bond acceptors (Lipinski definition) is 2. The zero-order valence-corrected chi connectivity index (χ0v) is 9.46. The Bertz CT molecular complexity index is 407. The number of anilines is 1. The molecular formula is C13H16N2. The summed E-state index contributed by atoms with van der Waals surface area (Å²) in [6, 6.07) is 8.04. The molecule has 0 aliphatic carbocycles. The van der Waals surface area contributed by atoms with Crippen molar-refractivity contribution in [2.24, 2.45) is 0 Å². The molecule has 1 aromatic rings. The lowest BCUT2D eigenvalue weighted by Crippen LogP contribution is -2.01. The summed E-state index contributed by atoms with van der Waals surface area (Å²) < 4.78 is 0. The fraction of sp³-hybridized carbons (Fsp3) is 0.308. The molecule has 15 heavy (non-hydrogen) atoms. The molecule has 1 N–H and O–H groups in total. The number of nitriles is 1. The SMILES string of the molecule is CC(C)=CCNc1ccc(C)cc1C#N. The van der Waals surface area contributed by atoms with Gasteiger partial charge in [-0.3, -0.25) is 0 Å². The van der Waals surface area contributed by atoms with Crippen molar-refractivity contribution in [2.75, 3.05) is 11.9 Å². The normalized spacial score (nSPS) is 9.20. The van der Waals surface area contributed by atoms with Gasteiger partial charge in [-0.25, -0.2) is 0 Å². The molecule has 0 unspecified atom stereocenters. The van der Waals surface area contributed by atoms with Gasteiger partial charge in [0.2, 0.25) is 0 Å². The highest BCUT2D eigenvalue weighted by molar-refractivity contribution is 5.58. The van der Waals surface area contributed by atoms with Crippen LogP contribution in [0.25, 0.3) is 0 Å². The largest absolute Gasteiger partial charge is 0.380 e. The number of aryl methyl sites for hydroxylation is 1. The van der Waals surface area contributed by atoms with E-state index >= 15 is 0 Å². The van der Waals surface area contributed by atoms with Crippen LogP contribution < -0.4 is 5.32 Å². The second-order valence-electron chi connectivity index (χ2n) is 3.82. The van der Waals surface area contributed by atoms with Crippen LogP contribution in [0.5, 0.6) is 0 Å². The monoisotopic (exact) mass is 200 g/mol. The second-order valence-corrected chi connectivity index (χ2v) is 3.82. The van der Waals surface area contributed by atoms with E-state index in [2.05, 4.69) is 31.3 Å². The highest BCUT2D eigenvalue weighted by atomic mass is 14.9. The molecule has 78 valence electrons. The molecule has 0 bridgehead atoms. The van der Waals surface area contributed by atoms with Crippen LogP contribution in [0.1, 0.15) is 25.0 Å². The quantitative estimate of drug-likeness (QED) is 0.760. The number of nitrogens with zero attached hydrogens (tertiary/aromatic N) is 1. The number of nitrogens with one attached hydrogen (secondary N) is 1. The zero-order valence-electron chi connectivity index (χ0n) is 9.46. The summed E-state index contributed by atoms with van der Waals surface area (Å²) >= 11 is 0. The Hall–Kier alpha value is -1.75. The van der Waals surface area contributed by atoms with Crippen LogP contribution in [0.2, 0.25) is 0 Å². The third kappa shape index (κ3) is 3.47. The van der Waals surface area contributed by atoms with E-state index < -0.39 is 0 Å². The Kier molecular flexibility index (Phi) is 3.93. The van der Waals surface area contributed by atoms with Crippen LogP contribution in [0.3, 0.4) is 0 Å². The molecular weight excluding hydrogens is 184 g/mol. The van der Waals surface area contributed by atoms with Crippen molar-refractivity contribution in [3.63, 3.8) is 0 Å². The van der Waals surface area contributed by atoms with E-state index in [1.165, 1.54) is 5.57 Å². The standard InChI is InChI=1S/C13H16N2/c1-10(2)6-7-15-13-5-4-11(3)8-12(13)9-14/h4-6,8,15H,7H2,1-3H3. The van der Waals surface area contributed by atoms with Crippen LogP contribution in [0.15, 0.2) is 29.8 Å². The molecule has 2 nitrogen and oxygen atoms in total. The van der Waals surface area contributed by atoms with Gasteiger partial charge >= 0.3 is 0 Å². The Morgan fingerprint density at radius 3 is 2.80 bits per heavy atom. The van der Waals surface area contributed by atoms with Gasteiger partial charge in [-0.05, 0) is 38.5 Å². The van der Waals surface area contributed by atoms with Crippen molar-refractivity contribution >= 4 is 5.69 Å². The van der Waals surface area contributed by atoms with Crippen molar-refractivity contribution < 1.29 is 0 Å². The smallest absolute Gasteiger partial charge is 0.101 e.